The van der Waals surface area contributed by atoms with Crippen LogP contribution in [0.1, 0.15) is 59.5 Å². The average Bonchev–Trinajstić information content (AvgIpc) is 2.85. The third-order valence-corrected chi connectivity index (χ3v) is 7.45. The molecule has 1 heterocycles. The van der Waals surface area contributed by atoms with E-state index < -0.39 is 0 Å². The molecule has 0 radical (unpaired) electrons. The maximum absolute atomic E-state index is 13.3. The highest BCUT2D eigenvalue weighted by molar-refractivity contribution is 7.98. The minimum absolute atomic E-state index is 0.00951. The van der Waals surface area contributed by atoms with Crippen LogP contribution in [0.15, 0.2) is 47.4 Å². The zero-order valence-electron chi connectivity index (χ0n) is 19.0. The summed E-state index contributed by atoms with van der Waals surface area (Å²) >= 11 is 1.53. The molecule has 3 N–H and O–H groups in total. The normalized spacial score (nSPS) is 18.7. The van der Waals surface area contributed by atoms with E-state index in [1.807, 2.05) is 29.4 Å². The van der Waals surface area contributed by atoms with Gasteiger partial charge in [-0.05, 0) is 60.8 Å². The van der Waals surface area contributed by atoms with E-state index in [0.29, 0.717) is 43.2 Å². The molecule has 33 heavy (non-hydrogen) atoms. The first kappa shape index (κ1) is 23.5. The van der Waals surface area contributed by atoms with Crippen LogP contribution in [0.25, 0.3) is 0 Å². The number of nitrogens with two attached hydrogens (primary N) is 1. The largest absolute Gasteiger partial charge is 0.339 e. The number of benzene rings is 2. The lowest BCUT2D eigenvalue weighted by atomic mass is 9.81. The molecular formula is C26H31N3O3S. The number of amides is 2. The van der Waals surface area contributed by atoms with Crippen LogP contribution in [0.5, 0.6) is 0 Å². The van der Waals surface area contributed by atoms with Gasteiger partial charge in [0.25, 0.3) is 5.91 Å². The molecule has 1 unspecified atom stereocenters. The summed E-state index contributed by atoms with van der Waals surface area (Å²) in [5, 5.41) is 2.89. The smallest absolute Gasteiger partial charge is 0.253 e. The first-order valence-electron chi connectivity index (χ1n) is 11.6. The molecule has 2 fully saturated rings. The van der Waals surface area contributed by atoms with Gasteiger partial charge < -0.3 is 16.0 Å². The Balaban J connectivity index is 1.40. The zero-order valence-corrected chi connectivity index (χ0v) is 19.8. The fraction of sp³-hybridized carbons (Fsp3) is 0.423. The lowest BCUT2D eigenvalue weighted by Crippen LogP contribution is -2.38. The summed E-state index contributed by atoms with van der Waals surface area (Å²) < 4.78 is 0. The van der Waals surface area contributed by atoms with Crippen molar-refractivity contribution in [3.8, 4) is 0 Å². The maximum Gasteiger partial charge on any atom is 0.253 e. The van der Waals surface area contributed by atoms with Crippen molar-refractivity contribution in [2.24, 2.45) is 11.7 Å². The second-order valence-corrected chi connectivity index (χ2v) is 9.80. The monoisotopic (exact) mass is 465 g/mol. The van der Waals surface area contributed by atoms with E-state index in [-0.39, 0.29) is 29.9 Å². The fourth-order valence-electron chi connectivity index (χ4n) is 4.60. The maximum atomic E-state index is 13.3. The molecule has 1 saturated heterocycles. The minimum Gasteiger partial charge on any atom is -0.339 e. The van der Waals surface area contributed by atoms with Crippen LogP contribution in [0.3, 0.4) is 0 Å². The quantitative estimate of drug-likeness (QED) is 0.598. The second kappa shape index (κ2) is 10.5. The number of hydrogen-bond acceptors (Lipinski definition) is 5. The van der Waals surface area contributed by atoms with Crippen molar-refractivity contribution in [2.45, 2.75) is 49.5 Å². The van der Waals surface area contributed by atoms with Crippen molar-refractivity contribution >= 4 is 35.0 Å². The zero-order chi connectivity index (χ0) is 23.4. The number of piperidine rings is 1. The van der Waals surface area contributed by atoms with Crippen LogP contribution >= 0.6 is 11.8 Å². The van der Waals surface area contributed by atoms with Gasteiger partial charge in [-0.25, -0.2) is 0 Å². The standard InChI is InChI=1S/C26H31N3O3S/c1-33-23-13-21(12-22(15-23)28-25(31)14-20-5-6-24(20)30)26(32)29-9-7-18(8-10-29)19-4-2-3-17(11-19)16-27/h2-4,11-13,15,18,20H,5-10,14,16,27H2,1H3,(H,28,31). The molecule has 2 aromatic carbocycles. The topological polar surface area (TPSA) is 92.5 Å². The summed E-state index contributed by atoms with van der Waals surface area (Å²) in [7, 11) is 0. The molecule has 1 aliphatic carbocycles. The molecule has 4 rings (SSSR count). The number of Topliss-reactive ketones (excluding diaryl/α,β-unsaturated/α-hetero) is 1. The Kier molecular flexibility index (Phi) is 7.50. The van der Waals surface area contributed by atoms with Crippen molar-refractivity contribution in [2.75, 3.05) is 24.7 Å². The summed E-state index contributed by atoms with van der Waals surface area (Å²) in [5.41, 5.74) is 9.41. The van der Waals surface area contributed by atoms with Gasteiger partial charge >= 0.3 is 0 Å². The summed E-state index contributed by atoms with van der Waals surface area (Å²) in [4.78, 5) is 40.0. The van der Waals surface area contributed by atoms with E-state index in [2.05, 4.69) is 23.5 Å². The number of anilines is 1. The Labute approximate surface area is 199 Å². The number of carbonyl (C=O) groups is 3. The second-order valence-electron chi connectivity index (χ2n) is 8.92. The van der Waals surface area contributed by atoms with Gasteiger partial charge in [-0.1, -0.05) is 24.3 Å². The summed E-state index contributed by atoms with van der Waals surface area (Å²) in [6.07, 6.45) is 5.36. The summed E-state index contributed by atoms with van der Waals surface area (Å²) in [5.74, 6) is 0.260. The molecule has 2 aliphatic rings. The van der Waals surface area contributed by atoms with Gasteiger partial charge in [-0.3, -0.25) is 14.4 Å². The van der Waals surface area contributed by atoms with Crippen molar-refractivity contribution in [3.05, 3.63) is 59.2 Å². The Bertz CT molecular complexity index is 1050. The van der Waals surface area contributed by atoms with Crippen molar-refractivity contribution in [1.29, 1.82) is 0 Å². The van der Waals surface area contributed by atoms with E-state index in [4.69, 9.17) is 5.73 Å². The molecule has 174 valence electrons. The Morgan fingerprint density at radius 1 is 1.12 bits per heavy atom. The number of hydrogen-bond donors (Lipinski definition) is 2. The lowest BCUT2D eigenvalue weighted by molar-refractivity contribution is -0.132. The highest BCUT2D eigenvalue weighted by Crippen LogP contribution is 2.31. The molecule has 6 nitrogen and oxygen atoms in total. The van der Waals surface area contributed by atoms with Gasteiger partial charge in [0, 0.05) is 54.5 Å². The molecule has 7 heteroatoms. The molecular weight excluding hydrogens is 434 g/mol. The highest BCUT2D eigenvalue weighted by Gasteiger charge is 2.30. The lowest BCUT2D eigenvalue weighted by Gasteiger charge is -2.32. The van der Waals surface area contributed by atoms with E-state index in [9.17, 15) is 14.4 Å². The third kappa shape index (κ3) is 5.65. The molecule has 1 saturated carbocycles. The molecule has 1 aliphatic heterocycles. The number of ketones is 1. The Morgan fingerprint density at radius 3 is 2.55 bits per heavy atom. The molecule has 0 aromatic heterocycles. The van der Waals surface area contributed by atoms with Gasteiger partial charge in [0.05, 0.1) is 0 Å². The van der Waals surface area contributed by atoms with E-state index in [1.165, 1.54) is 17.3 Å². The van der Waals surface area contributed by atoms with Gasteiger partial charge in [-0.15, -0.1) is 11.8 Å². The number of carbonyl (C=O) groups excluding carboxylic acids is 3. The average molecular weight is 466 g/mol. The van der Waals surface area contributed by atoms with Crippen LogP contribution in [-0.2, 0) is 16.1 Å². The SMILES string of the molecule is CSc1cc(NC(=O)CC2CCC2=O)cc(C(=O)N2CCC(c3cccc(CN)c3)CC2)c1. The Hall–Kier alpha value is -2.64. The first-order valence-corrected chi connectivity index (χ1v) is 12.8. The van der Waals surface area contributed by atoms with Crippen molar-refractivity contribution in [1.82, 2.24) is 4.90 Å². The molecule has 0 spiro atoms. The predicted molar refractivity (Wildman–Crippen MR) is 131 cm³/mol. The molecule has 1 atom stereocenters. The van der Waals surface area contributed by atoms with Crippen LogP contribution in [-0.4, -0.2) is 41.8 Å². The number of rotatable bonds is 7. The number of thioether (sulfide) groups is 1. The van der Waals surface area contributed by atoms with Gasteiger partial charge in [0.2, 0.25) is 5.91 Å². The Morgan fingerprint density at radius 2 is 1.91 bits per heavy atom. The van der Waals surface area contributed by atoms with Crippen LogP contribution in [0.2, 0.25) is 0 Å². The van der Waals surface area contributed by atoms with E-state index in [0.717, 1.165) is 29.7 Å². The fourth-order valence-corrected chi connectivity index (χ4v) is 5.09. The molecule has 0 bridgehead atoms. The van der Waals surface area contributed by atoms with Crippen LogP contribution in [0, 0.1) is 5.92 Å². The minimum atomic E-state index is -0.176. The van der Waals surface area contributed by atoms with Gasteiger partial charge in [0.1, 0.15) is 5.78 Å². The number of nitrogens with zero attached hydrogens (tertiary/aromatic N) is 1. The predicted octanol–water partition coefficient (Wildman–Crippen LogP) is 4.19. The number of nitrogens with one attached hydrogen (secondary N) is 1. The van der Waals surface area contributed by atoms with Gasteiger partial charge in [0.15, 0.2) is 0 Å². The van der Waals surface area contributed by atoms with Crippen molar-refractivity contribution < 1.29 is 14.4 Å². The highest BCUT2D eigenvalue weighted by atomic mass is 32.2. The van der Waals surface area contributed by atoms with Gasteiger partial charge in [-0.2, -0.15) is 0 Å². The summed E-state index contributed by atoms with van der Waals surface area (Å²) in [6, 6.07) is 13.9. The van der Waals surface area contributed by atoms with E-state index >= 15 is 0 Å². The van der Waals surface area contributed by atoms with Crippen molar-refractivity contribution in [3.63, 3.8) is 0 Å². The first-order chi connectivity index (χ1) is 16.0. The number of likely N-dealkylation sites (tertiary alicyclic amines) is 1. The molecule has 2 aromatic rings. The summed E-state index contributed by atoms with van der Waals surface area (Å²) in [6.45, 7) is 1.93. The molecule has 2 amide bonds. The third-order valence-electron chi connectivity index (χ3n) is 6.74. The van der Waals surface area contributed by atoms with Crippen LogP contribution < -0.4 is 11.1 Å². The van der Waals surface area contributed by atoms with Crippen LogP contribution in [0.4, 0.5) is 5.69 Å². The van der Waals surface area contributed by atoms with E-state index in [1.54, 1.807) is 6.07 Å².